The van der Waals surface area contributed by atoms with Crippen LogP contribution in [0.15, 0.2) is 22.7 Å². The summed E-state index contributed by atoms with van der Waals surface area (Å²) < 4.78 is 1.24. The lowest BCUT2D eigenvalue weighted by molar-refractivity contribution is 0.475. The maximum atomic E-state index is 3.72. The monoisotopic (exact) mass is 339 g/mol. The smallest absolute Gasteiger partial charge is 0.0331 e. The van der Waals surface area contributed by atoms with Crippen LogP contribution in [0.3, 0.4) is 0 Å². The van der Waals surface area contributed by atoms with Gasteiger partial charge in [-0.2, -0.15) is 0 Å². The van der Waals surface area contributed by atoms with Crippen LogP contribution in [0.25, 0.3) is 0 Å². The Labute approximate surface area is 133 Å². The van der Waals surface area contributed by atoms with Crippen LogP contribution in [0, 0.1) is 6.92 Å². The number of unbranched alkanes of at least 4 members (excludes halogenated alkanes) is 5. The molecular formula is C18H30BrN. The van der Waals surface area contributed by atoms with Crippen molar-refractivity contribution in [1.29, 1.82) is 0 Å². The minimum Gasteiger partial charge on any atom is -0.310 e. The summed E-state index contributed by atoms with van der Waals surface area (Å²) in [4.78, 5) is 0. The predicted octanol–water partition coefficient (Wildman–Crippen LogP) is 6.16. The summed E-state index contributed by atoms with van der Waals surface area (Å²) in [6.07, 6.45) is 9.43. The average Bonchev–Trinajstić information content (AvgIpc) is 2.42. The second-order valence-corrected chi connectivity index (χ2v) is 6.55. The predicted molar refractivity (Wildman–Crippen MR) is 93.3 cm³/mol. The van der Waals surface area contributed by atoms with Crippen molar-refractivity contribution in [2.45, 2.75) is 71.8 Å². The van der Waals surface area contributed by atoms with Crippen LogP contribution in [0.1, 0.15) is 76.0 Å². The second kappa shape index (κ2) is 10.4. The third-order valence-electron chi connectivity index (χ3n) is 3.83. The molecule has 1 aromatic carbocycles. The molecule has 0 aromatic heterocycles. The lowest BCUT2D eigenvalue weighted by Crippen LogP contribution is -2.21. The van der Waals surface area contributed by atoms with E-state index in [1.54, 1.807) is 0 Å². The van der Waals surface area contributed by atoms with E-state index in [1.165, 1.54) is 60.5 Å². The fourth-order valence-electron chi connectivity index (χ4n) is 2.66. The molecule has 20 heavy (non-hydrogen) atoms. The van der Waals surface area contributed by atoms with Crippen molar-refractivity contribution in [1.82, 2.24) is 5.32 Å². The number of hydrogen-bond acceptors (Lipinski definition) is 1. The highest BCUT2D eigenvalue weighted by atomic mass is 79.9. The molecule has 0 aliphatic carbocycles. The van der Waals surface area contributed by atoms with Gasteiger partial charge in [0.1, 0.15) is 0 Å². The summed E-state index contributed by atoms with van der Waals surface area (Å²) in [5, 5.41) is 3.63. The van der Waals surface area contributed by atoms with Gasteiger partial charge in [-0.25, -0.2) is 0 Å². The molecule has 1 rings (SSSR count). The first-order valence-electron chi connectivity index (χ1n) is 8.18. The van der Waals surface area contributed by atoms with E-state index in [9.17, 15) is 0 Å². The van der Waals surface area contributed by atoms with Gasteiger partial charge in [0.2, 0.25) is 0 Å². The van der Waals surface area contributed by atoms with Crippen molar-refractivity contribution in [2.24, 2.45) is 0 Å². The largest absolute Gasteiger partial charge is 0.310 e. The molecule has 1 N–H and O–H groups in total. The maximum absolute atomic E-state index is 3.72. The Kier molecular flexibility index (Phi) is 9.21. The minimum atomic E-state index is 0.487. The molecule has 1 unspecified atom stereocenters. The Balaban J connectivity index is 2.47. The van der Waals surface area contributed by atoms with Gasteiger partial charge in [0.25, 0.3) is 0 Å². The number of aryl methyl sites for hydroxylation is 1. The Bertz CT molecular complexity index is 376. The molecule has 0 heterocycles. The number of benzene rings is 1. The Morgan fingerprint density at radius 3 is 2.40 bits per heavy atom. The fourth-order valence-corrected chi connectivity index (χ4v) is 3.43. The normalized spacial score (nSPS) is 12.6. The van der Waals surface area contributed by atoms with E-state index in [2.05, 4.69) is 60.2 Å². The highest BCUT2D eigenvalue weighted by Gasteiger charge is 2.13. The van der Waals surface area contributed by atoms with Crippen LogP contribution in [0.2, 0.25) is 0 Å². The fraction of sp³-hybridized carbons (Fsp3) is 0.667. The molecule has 1 aromatic rings. The van der Waals surface area contributed by atoms with E-state index in [-0.39, 0.29) is 0 Å². The van der Waals surface area contributed by atoms with Gasteiger partial charge in [0.05, 0.1) is 0 Å². The Hall–Kier alpha value is -0.340. The van der Waals surface area contributed by atoms with E-state index in [0.29, 0.717) is 6.04 Å². The molecule has 0 bridgehead atoms. The third-order valence-corrected chi connectivity index (χ3v) is 4.52. The maximum Gasteiger partial charge on any atom is 0.0331 e. The number of hydrogen-bond donors (Lipinski definition) is 1. The summed E-state index contributed by atoms with van der Waals surface area (Å²) >= 11 is 3.72. The summed E-state index contributed by atoms with van der Waals surface area (Å²) in [5.74, 6) is 0. The zero-order chi connectivity index (χ0) is 14.8. The topological polar surface area (TPSA) is 12.0 Å². The Morgan fingerprint density at radius 2 is 1.75 bits per heavy atom. The molecule has 1 nitrogen and oxygen atoms in total. The van der Waals surface area contributed by atoms with Crippen LogP contribution in [0.5, 0.6) is 0 Å². The first kappa shape index (κ1) is 17.7. The quantitative estimate of drug-likeness (QED) is 0.503. The van der Waals surface area contributed by atoms with Gasteiger partial charge >= 0.3 is 0 Å². The lowest BCUT2D eigenvalue weighted by atomic mass is 9.98. The number of nitrogens with one attached hydrogen (secondary N) is 1. The highest BCUT2D eigenvalue weighted by Crippen LogP contribution is 2.28. The molecule has 1 atom stereocenters. The van der Waals surface area contributed by atoms with Gasteiger partial charge in [-0.05, 0) is 37.1 Å². The first-order chi connectivity index (χ1) is 9.69. The van der Waals surface area contributed by atoms with Gasteiger partial charge in [-0.1, -0.05) is 80.4 Å². The van der Waals surface area contributed by atoms with Crippen molar-refractivity contribution >= 4 is 15.9 Å². The Morgan fingerprint density at radius 1 is 1.05 bits per heavy atom. The molecule has 0 radical (unpaired) electrons. The molecular weight excluding hydrogens is 310 g/mol. The summed E-state index contributed by atoms with van der Waals surface area (Å²) in [5.41, 5.74) is 2.72. The van der Waals surface area contributed by atoms with Crippen LogP contribution < -0.4 is 5.32 Å². The van der Waals surface area contributed by atoms with Crippen LogP contribution in [-0.4, -0.2) is 6.54 Å². The molecule has 0 aliphatic heterocycles. The van der Waals surface area contributed by atoms with Gasteiger partial charge in [-0.15, -0.1) is 0 Å². The molecule has 2 heteroatoms. The molecule has 0 spiro atoms. The zero-order valence-corrected chi connectivity index (χ0v) is 14.9. The van der Waals surface area contributed by atoms with Crippen LogP contribution in [0.4, 0.5) is 0 Å². The summed E-state index contributed by atoms with van der Waals surface area (Å²) in [6, 6.07) is 7.19. The standard InChI is InChI=1S/C18H30BrN/c1-4-6-7-8-9-10-11-18(20-5-2)16-13-12-15(3)14-17(16)19/h12-14,18,20H,4-11H2,1-3H3. The van der Waals surface area contributed by atoms with Crippen LogP contribution in [-0.2, 0) is 0 Å². The second-order valence-electron chi connectivity index (χ2n) is 5.69. The molecule has 0 saturated carbocycles. The van der Waals surface area contributed by atoms with E-state index in [1.807, 2.05) is 0 Å². The summed E-state index contributed by atoms with van der Waals surface area (Å²) in [7, 11) is 0. The molecule has 114 valence electrons. The zero-order valence-electron chi connectivity index (χ0n) is 13.3. The van der Waals surface area contributed by atoms with Crippen molar-refractivity contribution in [3.05, 3.63) is 33.8 Å². The van der Waals surface area contributed by atoms with Gasteiger partial charge in [0, 0.05) is 10.5 Å². The van der Waals surface area contributed by atoms with E-state index in [4.69, 9.17) is 0 Å². The highest BCUT2D eigenvalue weighted by molar-refractivity contribution is 9.10. The average molecular weight is 340 g/mol. The van der Waals surface area contributed by atoms with Gasteiger partial charge < -0.3 is 5.32 Å². The SMILES string of the molecule is CCCCCCCCC(NCC)c1ccc(C)cc1Br. The molecule has 0 amide bonds. The van der Waals surface area contributed by atoms with Gasteiger partial charge in [-0.3, -0.25) is 0 Å². The van der Waals surface area contributed by atoms with E-state index < -0.39 is 0 Å². The number of halogens is 1. The van der Waals surface area contributed by atoms with Crippen molar-refractivity contribution < 1.29 is 0 Å². The summed E-state index contributed by atoms with van der Waals surface area (Å²) in [6.45, 7) is 7.64. The lowest BCUT2D eigenvalue weighted by Gasteiger charge is -2.20. The molecule has 0 aliphatic rings. The molecule has 0 saturated heterocycles. The van der Waals surface area contributed by atoms with Crippen molar-refractivity contribution in [3.8, 4) is 0 Å². The van der Waals surface area contributed by atoms with Crippen molar-refractivity contribution in [3.63, 3.8) is 0 Å². The van der Waals surface area contributed by atoms with Crippen molar-refractivity contribution in [2.75, 3.05) is 6.54 Å². The molecule has 0 fully saturated rings. The number of rotatable bonds is 10. The van der Waals surface area contributed by atoms with Gasteiger partial charge in [0.15, 0.2) is 0 Å². The minimum absolute atomic E-state index is 0.487. The van der Waals surface area contributed by atoms with E-state index >= 15 is 0 Å². The van der Waals surface area contributed by atoms with Crippen LogP contribution >= 0.6 is 15.9 Å². The first-order valence-corrected chi connectivity index (χ1v) is 8.97. The third kappa shape index (κ3) is 6.41. The van der Waals surface area contributed by atoms with E-state index in [0.717, 1.165) is 6.54 Å².